The Morgan fingerprint density at radius 1 is 1.54 bits per heavy atom. The SMILES string of the molecule is Fc1cc(CBr)c(C(F)F)nc1Cl. The fourth-order valence-corrected chi connectivity index (χ4v) is 1.41. The lowest BCUT2D eigenvalue weighted by molar-refractivity contribution is 0.145. The third kappa shape index (κ3) is 2.34. The molecule has 0 aliphatic heterocycles. The van der Waals surface area contributed by atoms with Gasteiger partial charge in [0.05, 0.1) is 0 Å². The summed E-state index contributed by atoms with van der Waals surface area (Å²) in [5, 5.41) is -0.409. The smallest absolute Gasteiger partial charge is 0.232 e. The van der Waals surface area contributed by atoms with Gasteiger partial charge in [-0.1, -0.05) is 27.5 Å². The average Bonchev–Trinajstić information content (AvgIpc) is 2.08. The van der Waals surface area contributed by atoms with Crippen molar-refractivity contribution >= 4 is 27.5 Å². The lowest BCUT2D eigenvalue weighted by Crippen LogP contribution is -1.99. The molecule has 0 fully saturated rings. The maximum absolute atomic E-state index is 12.7. The van der Waals surface area contributed by atoms with E-state index in [4.69, 9.17) is 11.6 Å². The summed E-state index contributed by atoms with van der Waals surface area (Å²) in [6.45, 7) is 0. The van der Waals surface area contributed by atoms with Crippen molar-refractivity contribution in [3.63, 3.8) is 0 Å². The summed E-state index contributed by atoms with van der Waals surface area (Å²) in [5.41, 5.74) is -0.375. The number of hydrogen-bond acceptors (Lipinski definition) is 1. The van der Waals surface area contributed by atoms with E-state index in [1.165, 1.54) is 0 Å². The van der Waals surface area contributed by atoms with E-state index in [2.05, 4.69) is 20.9 Å². The van der Waals surface area contributed by atoms with Crippen LogP contribution in [0.1, 0.15) is 17.7 Å². The Kier molecular flexibility index (Phi) is 3.55. The third-order valence-corrected chi connectivity index (χ3v) is 2.27. The molecule has 0 saturated carbocycles. The van der Waals surface area contributed by atoms with Crippen molar-refractivity contribution in [3.8, 4) is 0 Å². The highest BCUT2D eigenvalue weighted by Gasteiger charge is 2.17. The van der Waals surface area contributed by atoms with E-state index < -0.39 is 23.1 Å². The normalized spacial score (nSPS) is 10.9. The van der Waals surface area contributed by atoms with Crippen molar-refractivity contribution in [1.82, 2.24) is 4.98 Å². The van der Waals surface area contributed by atoms with Gasteiger partial charge in [0.25, 0.3) is 6.43 Å². The molecule has 13 heavy (non-hydrogen) atoms. The Hall–Kier alpha value is -0.290. The summed E-state index contributed by atoms with van der Waals surface area (Å²) in [6, 6.07) is 0.950. The maximum atomic E-state index is 12.7. The Morgan fingerprint density at radius 3 is 2.62 bits per heavy atom. The van der Waals surface area contributed by atoms with E-state index in [-0.39, 0.29) is 10.9 Å². The summed E-state index contributed by atoms with van der Waals surface area (Å²) in [6.07, 6.45) is -2.74. The van der Waals surface area contributed by atoms with Gasteiger partial charge in [0.2, 0.25) is 0 Å². The first-order chi connectivity index (χ1) is 6.06. The zero-order valence-corrected chi connectivity index (χ0v) is 8.54. The molecule has 1 aromatic heterocycles. The molecule has 0 aliphatic rings. The van der Waals surface area contributed by atoms with Gasteiger partial charge in [-0.25, -0.2) is 18.2 Å². The van der Waals surface area contributed by atoms with Gasteiger partial charge in [-0.15, -0.1) is 0 Å². The number of pyridine rings is 1. The molecule has 0 aromatic carbocycles. The number of aromatic nitrogens is 1. The largest absolute Gasteiger partial charge is 0.280 e. The lowest BCUT2D eigenvalue weighted by Gasteiger charge is -2.05. The second-order valence-electron chi connectivity index (χ2n) is 2.24. The molecule has 1 rings (SSSR count). The number of nitrogens with zero attached hydrogens (tertiary/aromatic N) is 1. The molecule has 0 atom stereocenters. The highest BCUT2D eigenvalue weighted by Crippen LogP contribution is 2.26. The zero-order chi connectivity index (χ0) is 10.0. The zero-order valence-electron chi connectivity index (χ0n) is 6.20. The molecule has 0 bridgehead atoms. The molecule has 0 amide bonds. The highest BCUT2D eigenvalue weighted by molar-refractivity contribution is 9.08. The van der Waals surface area contributed by atoms with E-state index in [0.29, 0.717) is 0 Å². The van der Waals surface area contributed by atoms with Crippen molar-refractivity contribution < 1.29 is 13.2 Å². The first-order valence-electron chi connectivity index (χ1n) is 3.25. The van der Waals surface area contributed by atoms with Gasteiger partial charge in [-0.05, 0) is 11.6 Å². The molecule has 0 aliphatic carbocycles. The summed E-state index contributed by atoms with van der Waals surface area (Å²) in [5.74, 6) is -0.791. The molecular weight excluding hydrogens is 270 g/mol. The van der Waals surface area contributed by atoms with Gasteiger partial charge in [0.1, 0.15) is 5.69 Å². The van der Waals surface area contributed by atoms with Crippen LogP contribution in [0, 0.1) is 5.82 Å². The quantitative estimate of drug-likeness (QED) is 0.592. The van der Waals surface area contributed by atoms with Crippen molar-refractivity contribution in [1.29, 1.82) is 0 Å². The number of alkyl halides is 3. The minimum absolute atomic E-state index is 0.108. The van der Waals surface area contributed by atoms with Crippen LogP contribution in [0.15, 0.2) is 6.07 Å². The van der Waals surface area contributed by atoms with Crippen LogP contribution in [0.4, 0.5) is 13.2 Å². The van der Waals surface area contributed by atoms with Crippen LogP contribution in [0.3, 0.4) is 0 Å². The molecule has 1 nitrogen and oxygen atoms in total. The standard InChI is InChI=1S/C7H4BrClF3N/c8-2-3-1-4(10)6(9)13-5(3)7(11)12/h1,7H,2H2. The van der Waals surface area contributed by atoms with Crippen LogP contribution >= 0.6 is 27.5 Å². The molecule has 0 radical (unpaired) electrons. The minimum Gasteiger partial charge on any atom is -0.232 e. The van der Waals surface area contributed by atoms with Crippen molar-refractivity contribution in [2.24, 2.45) is 0 Å². The topological polar surface area (TPSA) is 12.9 Å². The van der Waals surface area contributed by atoms with E-state index in [0.717, 1.165) is 6.07 Å². The predicted octanol–water partition coefficient (Wildman–Crippen LogP) is 3.71. The van der Waals surface area contributed by atoms with Gasteiger partial charge in [0, 0.05) is 5.33 Å². The summed E-state index contributed by atoms with van der Waals surface area (Å²) >= 11 is 8.20. The summed E-state index contributed by atoms with van der Waals surface area (Å²) in [7, 11) is 0. The van der Waals surface area contributed by atoms with Crippen LogP contribution in [-0.2, 0) is 5.33 Å². The average molecular weight is 274 g/mol. The molecule has 6 heteroatoms. The fraction of sp³-hybridized carbons (Fsp3) is 0.286. The number of rotatable bonds is 2. The van der Waals surface area contributed by atoms with E-state index >= 15 is 0 Å². The van der Waals surface area contributed by atoms with E-state index in [1.54, 1.807) is 0 Å². The Labute approximate surface area is 86.0 Å². The van der Waals surface area contributed by atoms with Gasteiger partial charge >= 0.3 is 0 Å². The molecule has 72 valence electrons. The van der Waals surface area contributed by atoms with E-state index in [1.807, 2.05) is 0 Å². The van der Waals surface area contributed by atoms with Gasteiger partial charge in [0.15, 0.2) is 11.0 Å². The number of halogens is 5. The number of hydrogen-bond donors (Lipinski definition) is 0. The van der Waals surface area contributed by atoms with Crippen LogP contribution in [0.5, 0.6) is 0 Å². The second kappa shape index (κ2) is 4.28. The molecule has 0 spiro atoms. The van der Waals surface area contributed by atoms with Crippen molar-refractivity contribution in [2.75, 3.05) is 0 Å². The molecule has 0 unspecified atom stereocenters. The Morgan fingerprint density at radius 2 is 2.15 bits per heavy atom. The van der Waals surface area contributed by atoms with Crippen LogP contribution in [-0.4, -0.2) is 4.98 Å². The lowest BCUT2D eigenvalue weighted by atomic mass is 10.2. The van der Waals surface area contributed by atoms with Crippen molar-refractivity contribution in [2.45, 2.75) is 11.8 Å². The summed E-state index contributed by atoms with van der Waals surface area (Å²) in [4.78, 5) is 3.25. The van der Waals surface area contributed by atoms with Gasteiger partial charge < -0.3 is 0 Å². The van der Waals surface area contributed by atoms with Crippen LogP contribution in [0.2, 0.25) is 5.15 Å². The monoisotopic (exact) mass is 273 g/mol. The molecule has 1 aromatic rings. The highest BCUT2D eigenvalue weighted by atomic mass is 79.9. The first-order valence-corrected chi connectivity index (χ1v) is 4.75. The molecule has 1 heterocycles. The van der Waals surface area contributed by atoms with E-state index in [9.17, 15) is 13.2 Å². The second-order valence-corrected chi connectivity index (χ2v) is 3.16. The summed E-state index contributed by atoms with van der Waals surface area (Å²) < 4.78 is 37.3. The predicted molar refractivity (Wildman–Crippen MR) is 46.8 cm³/mol. The maximum Gasteiger partial charge on any atom is 0.280 e. The molecular formula is C7H4BrClF3N. The van der Waals surface area contributed by atoms with Gasteiger partial charge in [-0.2, -0.15) is 0 Å². The van der Waals surface area contributed by atoms with Crippen LogP contribution < -0.4 is 0 Å². The first kappa shape index (κ1) is 10.8. The molecule has 0 saturated heterocycles. The van der Waals surface area contributed by atoms with Gasteiger partial charge in [-0.3, -0.25) is 0 Å². The van der Waals surface area contributed by atoms with Crippen LogP contribution in [0.25, 0.3) is 0 Å². The fourth-order valence-electron chi connectivity index (χ4n) is 0.813. The Bertz CT molecular complexity index is 319. The Balaban J connectivity index is 3.25. The third-order valence-electron chi connectivity index (χ3n) is 1.40. The minimum atomic E-state index is -2.74. The van der Waals surface area contributed by atoms with Crippen molar-refractivity contribution in [3.05, 3.63) is 28.3 Å². The molecule has 0 N–H and O–H groups in total.